The number of anilines is 2. The molecule has 0 radical (unpaired) electrons. The van der Waals surface area contributed by atoms with E-state index in [2.05, 4.69) is 49.8 Å². The highest BCUT2D eigenvalue weighted by atomic mass is 16.5. The number of aromatic nitrogens is 3. The van der Waals surface area contributed by atoms with Crippen molar-refractivity contribution < 1.29 is 4.74 Å². The van der Waals surface area contributed by atoms with Crippen molar-refractivity contribution in [1.29, 1.82) is 0 Å². The lowest BCUT2D eigenvalue weighted by Gasteiger charge is -2.29. The Bertz CT molecular complexity index is 1020. The van der Waals surface area contributed by atoms with Crippen molar-refractivity contribution in [1.82, 2.24) is 25.3 Å². The maximum atomic E-state index is 5.93. The number of nitrogens with two attached hydrogens (primary N) is 1. The van der Waals surface area contributed by atoms with E-state index >= 15 is 0 Å². The fourth-order valence-corrected chi connectivity index (χ4v) is 4.09. The molecule has 2 aromatic heterocycles. The van der Waals surface area contributed by atoms with Crippen LogP contribution >= 0.6 is 0 Å². The number of nitrogens with zero attached hydrogens (tertiary/aromatic N) is 5. The molecule has 2 aliphatic rings. The second-order valence-corrected chi connectivity index (χ2v) is 7.93. The molecule has 162 valence electrons. The molecule has 9 nitrogen and oxygen atoms in total. The predicted octanol–water partition coefficient (Wildman–Crippen LogP) is 1.09. The maximum Gasteiger partial charge on any atom is 0.154 e. The van der Waals surface area contributed by atoms with Gasteiger partial charge in [0.1, 0.15) is 5.52 Å². The predicted molar refractivity (Wildman–Crippen MR) is 122 cm³/mol. The van der Waals surface area contributed by atoms with Crippen molar-refractivity contribution in [2.45, 2.75) is 6.10 Å². The Labute approximate surface area is 181 Å². The SMILES string of the molecule is NN1CCO[C@H](CNc2nc(-c3ccc(N4CCNCC4)cc3)cc3nccnc23)C1. The third kappa shape index (κ3) is 4.59. The number of hydrogen-bond donors (Lipinski definition) is 3. The molecule has 4 N–H and O–H groups in total. The Balaban J connectivity index is 1.39. The number of ether oxygens (including phenoxy) is 1. The van der Waals surface area contributed by atoms with Crippen LogP contribution in [0, 0.1) is 0 Å². The molecule has 31 heavy (non-hydrogen) atoms. The van der Waals surface area contributed by atoms with Crippen molar-refractivity contribution in [2.24, 2.45) is 5.84 Å². The van der Waals surface area contributed by atoms with Crippen LogP contribution < -0.4 is 21.4 Å². The first kappa shape index (κ1) is 20.1. The summed E-state index contributed by atoms with van der Waals surface area (Å²) in [6.45, 7) is 6.78. The number of pyridine rings is 1. The highest BCUT2D eigenvalue weighted by molar-refractivity contribution is 5.88. The molecule has 0 bridgehead atoms. The average molecular weight is 421 g/mol. The largest absolute Gasteiger partial charge is 0.374 e. The number of fused-ring (bicyclic) bond motifs is 1. The van der Waals surface area contributed by atoms with Gasteiger partial charge in [-0.05, 0) is 18.2 Å². The van der Waals surface area contributed by atoms with Gasteiger partial charge >= 0.3 is 0 Å². The summed E-state index contributed by atoms with van der Waals surface area (Å²) in [7, 11) is 0. The van der Waals surface area contributed by atoms with E-state index in [-0.39, 0.29) is 6.10 Å². The molecule has 0 saturated carbocycles. The van der Waals surface area contributed by atoms with E-state index in [4.69, 9.17) is 15.6 Å². The molecule has 9 heteroatoms. The van der Waals surface area contributed by atoms with Gasteiger partial charge in [-0.3, -0.25) is 10.8 Å². The maximum absolute atomic E-state index is 5.93. The summed E-state index contributed by atoms with van der Waals surface area (Å²) < 4.78 is 5.81. The summed E-state index contributed by atoms with van der Waals surface area (Å²) in [5, 5.41) is 8.60. The quantitative estimate of drug-likeness (QED) is 0.523. The van der Waals surface area contributed by atoms with Crippen LogP contribution in [-0.4, -0.2) is 78.5 Å². The molecular weight excluding hydrogens is 392 g/mol. The zero-order valence-electron chi connectivity index (χ0n) is 17.5. The highest BCUT2D eigenvalue weighted by Crippen LogP contribution is 2.27. The normalized spacial score (nSPS) is 20.2. The van der Waals surface area contributed by atoms with Crippen molar-refractivity contribution in [3.63, 3.8) is 0 Å². The fraction of sp³-hybridized carbons (Fsp3) is 0.409. The molecule has 5 rings (SSSR count). The molecule has 0 amide bonds. The van der Waals surface area contributed by atoms with E-state index in [1.54, 1.807) is 17.4 Å². The van der Waals surface area contributed by atoms with E-state index in [9.17, 15) is 0 Å². The second kappa shape index (κ2) is 9.11. The zero-order chi connectivity index (χ0) is 21.0. The van der Waals surface area contributed by atoms with Gasteiger partial charge in [-0.2, -0.15) is 0 Å². The molecule has 2 saturated heterocycles. The van der Waals surface area contributed by atoms with E-state index in [1.165, 1.54) is 5.69 Å². The summed E-state index contributed by atoms with van der Waals surface area (Å²) in [6.07, 6.45) is 3.41. The molecular formula is C22H28N8O. The molecule has 3 aromatic rings. The highest BCUT2D eigenvalue weighted by Gasteiger charge is 2.19. The van der Waals surface area contributed by atoms with Crippen LogP contribution in [0.3, 0.4) is 0 Å². The monoisotopic (exact) mass is 420 g/mol. The van der Waals surface area contributed by atoms with E-state index in [0.717, 1.165) is 55.0 Å². The Morgan fingerprint density at radius 1 is 1.10 bits per heavy atom. The Morgan fingerprint density at radius 3 is 2.71 bits per heavy atom. The molecule has 1 aromatic carbocycles. The van der Waals surface area contributed by atoms with Gasteiger partial charge in [-0.25, -0.2) is 15.0 Å². The van der Waals surface area contributed by atoms with Crippen LogP contribution in [0.4, 0.5) is 11.5 Å². The summed E-state index contributed by atoms with van der Waals surface area (Å²) in [5.74, 6) is 6.64. The number of hydrazine groups is 1. The van der Waals surface area contributed by atoms with Gasteiger partial charge in [0.05, 0.1) is 23.9 Å². The van der Waals surface area contributed by atoms with Crippen molar-refractivity contribution in [3.05, 3.63) is 42.7 Å². The number of benzene rings is 1. The number of morpholine rings is 1. The first-order chi connectivity index (χ1) is 15.3. The van der Waals surface area contributed by atoms with E-state index in [1.807, 2.05) is 6.07 Å². The molecule has 0 unspecified atom stereocenters. The zero-order valence-corrected chi connectivity index (χ0v) is 17.5. The first-order valence-corrected chi connectivity index (χ1v) is 10.8. The topological polar surface area (TPSA) is 104 Å². The number of hydrogen-bond acceptors (Lipinski definition) is 9. The molecule has 1 atom stereocenters. The van der Waals surface area contributed by atoms with Gasteiger partial charge in [0.15, 0.2) is 5.82 Å². The van der Waals surface area contributed by atoms with Crippen LogP contribution in [0.1, 0.15) is 0 Å². The van der Waals surface area contributed by atoms with Crippen LogP contribution in [-0.2, 0) is 4.74 Å². The van der Waals surface area contributed by atoms with Crippen LogP contribution in [0.25, 0.3) is 22.3 Å². The number of nitrogens with one attached hydrogen (secondary N) is 2. The van der Waals surface area contributed by atoms with Crippen molar-refractivity contribution in [2.75, 3.05) is 62.6 Å². The van der Waals surface area contributed by atoms with Gasteiger partial charge in [-0.1, -0.05) is 12.1 Å². The average Bonchev–Trinajstić information content (AvgIpc) is 2.83. The van der Waals surface area contributed by atoms with E-state index in [0.29, 0.717) is 25.5 Å². The number of rotatable bonds is 5. The van der Waals surface area contributed by atoms with Gasteiger partial charge in [0.25, 0.3) is 0 Å². The lowest BCUT2D eigenvalue weighted by Crippen LogP contribution is -2.48. The Morgan fingerprint density at radius 2 is 1.90 bits per heavy atom. The summed E-state index contributed by atoms with van der Waals surface area (Å²) in [6, 6.07) is 10.6. The van der Waals surface area contributed by atoms with Crippen molar-refractivity contribution >= 4 is 22.5 Å². The Hall–Kier alpha value is -2.85. The molecule has 2 fully saturated rings. The van der Waals surface area contributed by atoms with Gasteiger partial charge < -0.3 is 20.3 Å². The minimum atomic E-state index is 0.00856. The lowest BCUT2D eigenvalue weighted by atomic mass is 10.1. The van der Waals surface area contributed by atoms with Crippen LogP contribution in [0.2, 0.25) is 0 Å². The molecule has 0 aliphatic carbocycles. The minimum absolute atomic E-state index is 0.00856. The molecule has 4 heterocycles. The summed E-state index contributed by atoms with van der Waals surface area (Å²) >= 11 is 0. The Kier molecular flexibility index (Phi) is 5.90. The lowest BCUT2D eigenvalue weighted by molar-refractivity contribution is -0.0214. The van der Waals surface area contributed by atoms with Crippen LogP contribution in [0.5, 0.6) is 0 Å². The van der Waals surface area contributed by atoms with E-state index < -0.39 is 0 Å². The smallest absolute Gasteiger partial charge is 0.154 e. The summed E-state index contributed by atoms with van der Waals surface area (Å²) in [5.41, 5.74) is 4.73. The minimum Gasteiger partial charge on any atom is -0.374 e. The molecule has 0 spiro atoms. The fourth-order valence-electron chi connectivity index (χ4n) is 4.09. The first-order valence-electron chi connectivity index (χ1n) is 10.8. The standard InChI is InChI=1S/C22H28N8O/c23-30-11-12-31-18(15-30)14-27-22-21-20(25-5-6-26-21)13-19(28-22)16-1-3-17(4-2-16)29-9-7-24-8-10-29/h1-6,13,18,24H,7-12,14-15,23H2,(H,27,28)/t18-/m1/s1. The third-order valence-electron chi connectivity index (χ3n) is 5.77. The van der Waals surface area contributed by atoms with Gasteiger partial charge in [-0.15, -0.1) is 0 Å². The van der Waals surface area contributed by atoms with Gasteiger partial charge in [0.2, 0.25) is 0 Å². The second-order valence-electron chi connectivity index (χ2n) is 7.93. The molecule has 2 aliphatic heterocycles. The summed E-state index contributed by atoms with van der Waals surface area (Å²) in [4.78, 5) is 16.3. The van der Waals surface area contributed by atoms with Crippen LogP contribution in [0.15, 0.2) is 42.7 Å². The number of piperazine rings is 1. The van der Waals surface area contributed by atoms with Crippen molar-refractivity contribution in [3.8, 4) is 11.3 Å². The third-order valence-corrected chi connectivity index (χ3v) is 5.77. The van der Waals surface area contributed by atoms with Gasteiger partial charge in [0, 0.05) is 69.5 Å².